The minimum absolute atomic E-state index is 0.123. The first kappa shape index (κ1) is 19.8. The molecule has 3 aliphatic rings. The van der Waals surface area contributed by atoms with Crippen LogP contribution in [0.1, 0.15) is 42.0 Å². The van der Waals surface area contributed by atoms with Crippen LogP contribution in [0, 0.1) is 20.8 Å². The van der Waals surface area contributed by atoms with Gasteiger partial charge < -0.3 is 34.3 Å². The Morgan fingerprint density at radius 2 is 1.83 bits per heavy atom. The first-order chi connectivity index (χ1) is 13.6. The van der Waals surface area contributed by atoms with Gasteiger partial charge in [0.1, 0.15) is 23.2 Å². The molecule has 3 heterocycles. The van der Waals surface area contributed by atoms with Crippen LogP contribution < -0.4 is 4.74 Å². The fourth-order valence-electron chi connectivity index (χ4n) is 4.25. The van der Waals surface area contributed by atoms with E-state index in [-0.39, 0.29) is 6.61 Å². The summed E-state index contributed by atoms with van der Waals surface area (Å²) >= 11 is 0. The number of phenolic OH excluding ortho intramolecular Hbond substituents is 1. The number of aliphatic hydroxyl groups is 2. The Balaban J connectivity index is 1.47. The molecular formula is C21H26O8. The number of esters is 1. The number of hydrogen-bond acceptors (Lipinski definition) is 8. The third-order valence-corrected chi connectivity index (χ3v) is 6.24. The number of carbonyl (C=O) groups excluding carboxylic acids is 1. The predicted molar refractivity (Wildman–Crippen MR) is 101 cm³/mol. The predicted octanol–water partition coefficient (Wildman–Crippen LogP) is 2.79. The van der Waals surface area contributed by atoms with Crippen LogP contribution in [-0.4, -0.2) is 52.0 Å². The Hall–Kier alpha value is -2.45. The van der Waals surface area contributed by atoms with E-state index in [2.05, 4.69) is 0 Å². The lowest BCUT2D eigenvalue weighted by Gasteiger charge is -2.39. The molecule has 4 rings (SSSR count). The number of benzene rings is 1. The maximum atomic E-state index is 11.4. The largest absolute Gasteiger partial charge is 0.507 e. The van der Waals surface area contributed by atoms with Crippen LogP contribution in [0.4, 0.5) is 0 Å². The molecule has 0 saturated carbocycles. The molecular weight excluding hydrogens is 380 g/mol. The number of carbonyl (C=O) groups is 1. The zero-order chi connectivity index (χ0) is 21.1. The summed E-state index contributed by atoms with van der Waals surface area (Å²) in [5, 5.41) is 29.7. The van der Waals surface area contributed by atoms with E-state index in [4.69, 9.17) is 18.9 Å². The molecule has 158 valence electrons. The number of hydrogen-bond donors (Lipinski definition) is 3. The standard InChI is InChI=1S/C21H26O8/c1-9-10(2)18-12(11(3)15(9)22)5-6-21(4,29-18)7-14-26-8-13(27-14)19-16(23)17(24)20(25)28-19/h13-14,19,22-24H,5-8H2,1-4H3/t13-,14+,19+,21-/m0/s1. The van der Waals surface area contributed by atoms with E-state index < -0.39 is 41.6 Å². The lowest BCUT2D eigenvalue weighted by molar-refractivity contribution is -0.151. The van der Waals surface area contributed by atoms with Crippen molar-refractivity contribution in [3.63, 3.8) is 0 Å². The normalized spacial score (nSPS) is 31.6. The van der Waals surface area contributed by atoms with Gasteiger partial charge in [0.05, 0.1) is 6.61 Å². The van der Waals surface area contributed by atoms with Crippen molar-refractivity contribution in [1.29, 1.82) is 0 Å². The van der Waals surface area contributed by atoms with Crippen LogP contribution in [0.5, 0.6) is 11.5 Å². The van der Waals surface area contributed by atoms with Crippen molar-refractivity contribution < 1.29 is 39.1 Å². The Bertz CT molecular complexity index is 905. The summed E-state index contributed by atoms with van der Waals surface area (Å²) in [6.45, 7) is 7.83. The summed E-state index contributed by atoms with van der Waals surface area (Å²) in [6.07, 6.45) is -0.430. The van der Waals surface area contributed by atoms with Gasteiger partial charge in [-0.3, -0.25) is 0 Å². The number of phenols is 1. The van der Waals surface area contributed by atoms with Gasteiger partial charge in [-0.05, 0) is 57.2 Å². The van der Waals surface area contributed by atoms with Gasteiger partial charge in [-0.25, -0.2) is 4.79 Å². The second kappa shape index (κ2) is 6.81. The van der Waals surface area contributed by atoms with E-state index in [1.54, 1.807) is 0 Å². The molecule has 1 aromatic carbocycles. The fourth-order valence-corrected chi connectivity index (χ4v) is 4.25. The van der Waals surface area contributed by atoms with E-state index in [0.29, 0.717) is 12.2 Å². The molecule has 29 heavy (non-hydrogen) atoms. The summed E-state index contributed by atoms with van der Waals surface area (Å²) in [5.41, 5.74) is 3.06. The van der Waals surface area contributed by atoms with Crippen LogP contribution in [-0.2, 0) is 25.4 Å². The van der Waals surface area contributed by atoms with Gasteiger partial charge in [0.25, 0.3) is 0 Å². The molecule has 4 atom stereocenters. The third kappa shape index (κ3) is 3.20. The van der Waals surface area contributed by atoms with Crippen molar-refractivity contribution in [3.05, 3.63) is 33.8 Å². The van der Waals surface area contributed by atoms with Gasteiger partial charge in [-0.2, -0.15) is 0 Å². The maximum absolute atomic E-state index is 11.4. The molecule has 1 saturated heterocycles. The molecule has 0 bridgehead atoms. The van der Waals surface area contributed by atoms with Crippen molar-refractivity contribution in [2.45, 2.75) is 71.1 Å². The van der Waals surface area contributed by atoms with Gasteiger partial charge in [0.15, 0.2) is 18.2 Å². The molecule has 3 aliphatic heterocycles. The number of aliphatic hydroxyl groups excluding tert-OH is 2. The van der Waals surface area contributed by atoms with E-state index >= 15 is 0 Å². The van der Waals surface area contributed by atoms with Crippen LogP contribution >= 0.6 is 0 Å². The van der Waals surface area contributed by atoms with Gasteiger partial charge in [-0.1, -0.05) is 0 Å². The highest BCUT2D eigenvalue weighted by Crippen LogP contribution is 2.45. The maximum Gasteiger partial charge on any atom is 0.377 e. The van der Waals surface area contributed by atoms with Crippen LogP contribution in [0.2, 0.25) is 0 Å². The Morgan fingerprint density at radius 1 is 1.10 bits per heavy atom. The summed E-state index contributed by atoms with van der Waals surface area (Å²) in [4.78, 5) is 11.4. The van der Waals surface area contributed by atoms with Crippen LogP contribution in [0.3, 0.4) is 0 Å². The highest BCUT2D eigenvalue weighted by molar-refractivity contribution is 5.89. The van der Waals surface area contributed by atoms with E-state index in [1.807, 2.05) is 27.7 Å². The number of cyclic esters (lactones) is 1. The summed E-state index contributed by atoms with van der Waals surface area (Å²) < 4.78 is 22.9. The number of fused-ring (bicyclic) bond motifs is 1. The van der Waals surface area contributed by atoms with E-state index in [1.165, 1.54) is 0 Å². The van der Waals surface area contributed by atoms with Crippen molar-refractivity contribution in [2.75, 3.05) is 6.61 Å². The summed E-state index contributed by atoms with van der Waals surface area (Å²) in [6, 6.07) is 0. The average Bonchev–Trinajstić information content (AvgIpc) is 3.24. The van der Waals surface area contributed by atoms with E-state index in [0.717, 1.165) is 40.8 Å². The summed E-state index contributed by atoms with van der Waals surface area (Å²) in [7, 11) is 0. The van der Waals surface area contributed by atoms with Crippen molar-refractivity contribution >= 4 is 5.97 Å². The molecule has 3 N–H and O–H groups in total. The van der Waals surface area contributed by atoms with Crippen molar-refractivity contribution in [3.8, 4) is 11.5 Å². The molecule has 1 aromatic rings. The van der Waals surface area contributed by atoms with Crippen molar-refractivity contribution in [1.82, 2.24) is 0 Å². The molecule has 8 nitrogen and oxygen atoms in total. The molecule has 0 aromatic heterocycles. The zero-order valence-electron chi connectivity index (χ0n) is 16.9. The van der Waals surface area contributed by atoms with Crippen LogP contribution in [0.15, 0.2) is 11.5 Å². The minimum atomic E-state index is -1.07. The number of ether oxygens (including phenoxy) is 4. The van der Waals surface area contributed by atoms with Crippen molar-refractivity contribution in [2.24, 2.45) is 0 Å². The SMILES string of the molecule is Cc1c(C)c2c(c(C)c1O)CC[C@@](C)(C[C@@H]1OC[C@@H]([C@H]3OC(=O)C(O)=C3O)O1)O2. The Labute approximate surface area is 168 Å². The van der Waals surface area contributed by atoms with Gasteiger partial charge in [0.2, 0.25) is 5.76 Å². The molecule has 8 heteroatoms. The molecule has 0 aliphatic carbocycles. The Kier molecular flexibility index (Phi) is 4.66. The molecule has 1 fully saturated rings. The first-order valence-corrected chi connectivity index (χ1v) is 9.72. The average molecular weight is 406 g/mol. The second-order valence-corrected chi connectivity index (χ2v) is 8.28. The quantitative estimate of drug-likeness (QED) is 0.657. The molecule has 0 unspecified atom stereocenters. The van der Waals surface area contributed by atoms with Gasteiger partial charge in [-0.15, -0.1) is 0 Å². The highest BCUT2D eigenvalue weighted by Gasteiger charge is 2.46. The zero-order valence-corrected chi connectivity index (χ0v) is 16.9. The first-order valence-electron chi connectivity index (χ1n) is 9.72. The minimum Gasteiger partial charge on any atom is -0.507 e. The number of rotatable bonds is 3. The summed E-state index contributed by atoms with van der Waals surface area (Å²) in [5.74, 6) is -1.16. The third-order valence-electron chi connectivity index (χ3n) is 6.24. The Morgan fingerprint density at radius 3 is 2.48 bits per heavy atom. The lowest BCUT2D eigenvalue weighted by atomic mass is 9.85. The van der Waals surface area contributed by atoms with E-state index in [9.17, 15) is 20.1 Å². The monoisotopic (exact) mass is 406 g/mol. The lowest BCUT2D eigenvalue weighted by Crippen LogP contribution is -2.41. The highest BCUT2D eigenvalue weighted by atomic mass is 16.7. The second-order valence-electron chi connectivity index (χ2n) is 8.28. The fraction of sp³-hybridized carbons (Fsp3) is 0.571. The van der Waals surface area contributed by atoms with Gasteiger partial charge >= 0.3 is 5.97 Å². The smallest absolute Gasteiger partial charge is 0.377 e. The molecule has 0 radical (unpaired) electrons. The molecule has 0 amide bonds. The van der Waals surface area contributed by atoms with Crippen LogP contribution in [0.25, 0.3) is 0 Å². The molecule has 0 spiro atoms. The number of aromatic hydroxyl groups is 1. The van der Waals surface area contributed by atoms with Gasteiger partial charge in [0, 0.05) is 12.0 Å². The topological polar surface area (TPSA) is 115 Å².